The van der Waals surface area contributed by atoms with E-state index in [1.165, 1.54) is 12.5 Å². The number of carboxylic acids is 1. The standard InChI is InChI=1S/C10H10N4O3/c15-10(16)9-7(2-1-4-12-9)11-5-3-8-13-6-14-17-8/h1-2,4,6,11H,3,5H2,(H,15,16). The van der Waals surface area contributed by atoms with Gasteiger partial charge >= 0.3 is 5.97 Å². The maximum Gasteiger partial charge on any atom is 0.356 e. The SMILES string of the molecule is O=C(O)c1ncccc1NCCc1ncno1. The van der Waals surface area contributed by atoms with Crippen molar-refractivity contribution in [2.24, 2.45) is 0 Å². The molecule has 0 saturated carbocycles. The third kappa shape index (κ3) is 2.77. The van der Waals surface area contributed by atoms with E-state index < -0.39 is 5.97 Å². The molecule has 2 aromatic heterocycles. The van der Waals surface area contributed by atoms with Crippen LogP contribution in [0, 0.1) is 0 Å². The van der Waals surface area contributed by atoms with E-state index in [1.807, 2.05) is 0 Å². The van der Waals surface area contributed by atoms with Crippen LogP contribution in [0.5, 0.6) is 0 Å². The van der Waals surface area contributed by atoms with Gasteiger partial charge in [0, 0.05) is 19.2 Å². The van der Waals surface area contributed by atoms with E-state index in [4.69, 9.17) is 9.63 Å². The van der Waals surface area contributed by atoms with E-state index in [1.54, 1.807) is 12.1 Å². The molecule has 0 spiro atoms. The van der Waals surface area contributed by atoms with Gasteiger partial charge in [0.2, 0.25) is 5.89 Å². The molecule has 0 aromatic carbocycles. The predicted octanol–water partition coefficient (Wildman–Crippen LogP) is 0.817. The second-order valence-electron chi connectivity index (χ2n) is 3.22. The summed E-state index contributed by atoms with van der Waals surface area (Å²) in [5.41, 5.74) is 0.470. The van der Waals surface area contributed by atoms with Gasteiger partial charge in [-0.3, -0.25) is 0 Å². The fraction of sp³-hybridized carbons (Fsp3) is 0.200. The minimum atomic E-state index is -1.06. The summed E-state index contributed by atoms with van der Waals surface area (Å²) in [6.45, 7) is 0.494. The number of carbonyl (C=O) groups is 1. The number of carboxylic acid groups (broad SMARTS) is 1. The van der Waals surface area contributed by atoms with E-state index in [-0.39, 0.29) is 5.69 Å². The first kappa shape index (κ1) is 11.1. The monoisotopic (exact) mass is 234 g/mol. The molecule has 0 saturated heterocycles. The highest BCUT2D eigenvalue weighted by molar-refractivity contribution is 5.91. The number of aromatic nitrogens is 3. The Kier molecular flexibility index (Phi) is 3.29. The van der Waals surface area contributed by atoms with Crippen LogP contribution in [0.3, 0.4) is 0 Å². The molecule has 2 N–H and O–H groups in total. The Hall–Kier alpha value is -2.44. The maximum absolute atomic E-state index is 10.9. The summed E-state index contributed by atoms with van der Waals surface area (Å²) >= 11 is 0. The van der Waals surface area contributed by atoms with Crippen molar-refractivity contribution in [3.63, 3.8) is 0 Å². The lowest BCUT2D eigenvalue weighted by Gasteiger charge is -2.06. The van der Waals surface area contributed by atoms with Crippen molar-refractivity contribution >= 4 is 11.7 Å². The topological polar surface area (TPSA) is 101 Å². The van der Waals surface area contributed by atoms with Gasteiger partial charge in [-0.1, -0.05) is 5.16 Å². The molecule has 7 nitrogen and oxygen atoms in total. The minimum Gasteiger partial charge on any atom is -0.476 e. The molecule has 88 valence electrons. The molecule has 0 fully saturated rings. The summed E-state index contributed by atoms with van der Waals surface area (Å²) in [5, 5.41) is 15.3. The van der Waals surface area contributed by atoms with Crippen molar-refractivity contribution in [2.75, 3.05) is 11.9 Å². The number of aromatic carboxylic acids is 1. The van der Waals surface area contributed by atoms with E-state index in [9.17, 15) is 4.79 Å². The molecule has 17 heavy (non-hydrogen) atoms. The Labute approximate surface area is 96.5 Å². The summed E-state index contributed by atoms with van der Waals surface area (Å²) in [6.07, 6.45) is 3.28. The Balaban J connectivity index is 1.97. The van der Waals surface area contributed by atoms with Crippen molar-refractivity contribution < 1.29 is 14.4 Å². The maximum atomic E-state index is 10.9. The number of nitrogens with zero attached hydrogens (tertiary/aromatic N) is 3. The molecule has 0 atom stereocenters. The van der Waals surface area contributed by atoms with Crippen LogP contribution in [-0.2, 0) is 6.42 Å². The third-order valence-corrected chi connectivity index (χ3v) is 2.07. The number of hydrogen-bond acceptors (Lipinski definition) is 6. The van der Waals surface area contributed by atoms with E-state index in [0.717, 1.165) is 0 Å². The quantitative estimate of drug-likeness (QED) is 0.789. The Morgan fingerprint density at radius 2 is 2.35 bits per heavy atom. The van der Waals surface area contributed by atoms with Crippen LogP contribution in [0.1, 0.15) is 16.4 Å². The van der Waals surface area contributed by atoms with Crippen LogP contribution in [0.2, 0.25) is 0 Å². The highest BCUT2D eigenvalue weighted by Gasteiger charge is 2.10. The predicted molar refractivity (Wildman–Crippen MR) is 57.7 cm³/mol. The summed E-state index contributed by atoms with van der Waals surface area (Å²) in [6, 6.07) is 3.33. The largest absolute Gasteiger partial charge is 0.476 e. The summed E-state index contributed by atoms with van der Waals surface area (Å²) in [5.74, 6) is -0.566. The van der Waals surface area contributed by atoms with Crippen molar-refractivity contribution in [1.82, 2.24) is 15.1 Å². The van der Waals surface area contributed by atoms with Gasteiger partial charge in [0.15, 0.2) is 12.0 Å². The second-order valence-corrected chi connectivity index (χ2v) is 3.22. The summed E-state index contributed by atoms with van der Waals surface area (Å²) in [7, 11) is 0. The van der Waals surface area contributed by atoms with Crippen molar-refractivity contribution in [3.8, 4) is 0 Å². The lowest BCUT2D eigenvalue weighted by atomic mass is 10.3. The van der Waals surface area contributed by atoms with Crippen LogP contribution in [-0.4, -0.2) is 32.7 Å². The molecule has 2 heterocycles. The van der Waals surface area contributed by atoms with Gasteiger partial charge in [0.1, 0.15) is 0 Å². The molecule has 2 rings (SSSR count). The molecule has 2 aromatic rings. The van der Waals surface area contributed by atoms with Crippen LogP contribution in [0.4, 0.5) is 5.69 Å². The first-order valence-electron chi connectivity index (χ1n) is 4.95. The fourth-order valence-electron chi connectivity index (χ4n) is 1.33. The zero-order valence-electron chi connectivity index (χ0n) is 8.83. The van der Waals surface area contributed by atoms with Crippen molar-refractivity contribution in [2.45, 2.75) is 6.42 Å². The third-order valence-electron chi connectivity index (χ3n) is 2.07. The molecule has 0 unspecified atom stereocenters. The number of anilines is 1. The Morgan fingerprint density at radius 1 is 1.47 bits per heavy atom. The van der Waals surface area contributed by atoms with Crippen LogP contribution in [0.15, 0.2) is 29.2 Å². The molecule has 0 amide bonds. The lowest BCUT2D eigenvalue weighted by molar-refractivity contribution is 0.0691. The number of rotatable bonds is 5. The Morgan fingerprint density at radius 3 is 3.06 bits per heavy atom. The van der Waals surface area contributed by atoms with Crippen molar-refractivity contribution in [3.05, 3.63) is 36.2 Å². The van der Waals surface area contributed by atoms with Gasteiger partial charge in [-0.2, -0.15) is 4.98 Å². The minimum absolute atomic E-state index is 0.00182. The first-order valence-corrected chi connectivity index (χ1v) is 4.95. The van der Waals surface area contributed by atoms with Gasteiger partial charge in [0.25, 0.3) is 0 Å². The average molecular weight is 234 g/mol. The molecule has 0 radical (unpaired) electrons. The zero-order valence-corrected chi connectivity index (χ0v) is 8.83. The summed E-state index contributed by atoms with van der Waals surface area (Å²) in [4.78, 5) is 18.5. The molecular formula is C10H10N4O3. The molecule has 7 heteroatoms. The van der Waals surface area contributed by atoms with Gasteiger partial charge in [-0.05, 0) is 12.1 Å². The molecule has 0 aliphatic rings. The normalized spacial score (nSPS) is 10.1. The number of nitrogens with one attached hydrogen (secondary N) is 1. The van der Waals surface area contributed by atoms with E-state index in [0.29, 0.717) is 24.5 Å². The number of hydrogen-bond donors (Lipinski definition) is 2. The lowest BCUT2D eigenvalue weighted by Crippen LogP contribution is -2.10. The second kappa shape index (κ2) is 5.06. The fourth-order valence-corrected chi connectivity index (χ4v) is 1.33. The number of pyridine rings is 1. The van der Waals surface area contributed by atoms with Gasteiger partial charge in [-0.15, -0.1) is 0 Å². The van der Waals surface area contributed by atoms with Crippen molar-refractivity contribution in [1.29, 1.82) is 0 Å². The Bertz CT molecular complexity index is 498. The van der Waals surface area contributed by atoms with E-state index >= 15 is 0 Å². The van der Waals surface area contributed by atoms with Gasteiger partial charge < -0.3 is 14.9 Å². The van der Waals surface area contributed by atoms with Gasteiger partial charge in [0.05, 0.1) is 5.69 Å². The van der Waals surface area contributed by atoms with E-state index in [2.05, 4.69) is 20.4 Å². The molecule has 0 bridgehead atoms. The van der Waals surface area contributed by atoms with Crippen LogP contribution < -0.4 is 5.32 Å². The zero-order chi connectivity index (χ0) is 12.1. The average Bonchev–Trinajstić information content (AvgIpc) is 2.82. The summed E-state index contributed by atoms with van der Waals surface area (Å²) < 4.78 is 4.82. The highest BCUT2D eigenvalue weighted by Crippen LogP contribution is 2.11. The smallest absolute Gasteiger partial charge is 0.356 e. The van der Waals surface area contributed by atoms with Crippen LogP contribution >= 0.6 is 0 Å². The first-order chi connectivity index (χ1) is 8.27. The molecule has 0 aliphatic heterocycles. The van der Waals surface area contributed by atoms with Gasteiger partial charge in [-0.25, -0.2) is 9.78 Å². The molecule has 0 aliphatic carbocycles. The highest BCUT2D eigenvalue weighted by atomic mass is 16.5. The van der Waals surface area contributed by atoms with Crippen LogP contribution in [0.25, 0.3) is 0 Å². The molecular weight excluding hydrogens is 224 g/mol.